The molecule has 24 heavy (non-hydrogen) atoms. The van der Waals surface area contributed by atoms with Crippen molar-refractivity contribution in [2.45, 2.75) is 25.5 Å². The number of ether oxygens (including phenoxy) is 2. The minimum Gasteiger partial charge on any atom is -0.490 e. The van der Waals surface area contributed by atoms with Crippen molar-refractivity contribution in [1.29, 1.82) is 0 Å². The van der Waals surface area contributed by atoms with Crippen LogP contribution in [0, 0.1) is 12.7 Å². The average molecular weight is 331 g/mol. The van der Waals surface area contributed by atoms with Crippen molar-refractivity contribution in [3.63, 3.8) is 0 Å². The number of methoxy groups -OCH3 is 1. The second kappa shape index (κ2) is 7.23. The number of nitrogens with zero attached hydrogens (tertiary/aromatic N) is 3. The maximum absolute atomic E-state index is 13.2. The molecule has 3 rings (SSSR count). The van der Waals surface area contributed by atoms with Gasteiger partial charge in [0.2, 0.25) is 0 Å². The molecule has 0 bridgehead atoms. The molecular formula is C18H22FN3O2. The van der Waals surface area contributed by atoms with Crippen molar-refractivity contribution in [1.82, 2.24) is 14.9 Å². The zero-order chi connectivity index (χ0) is 17.0. The predicted molar refractivity (Wildman–Crippen MR) is 88.3 cm³/mol. The molecule has 0 saturated carbocycles. The van der Waals surface area contributed by atoms with Crippen molar-refractivity contribution >= 4 is 0 Å². The van der Waals surface area contributed by atoms with Gasteiger partial charge in [0.05, 0.1) is 0 Å². The highest BCUT2D eigenvalue weighted by Crippen LogP contribution is 2.27. The Bertz CT molecular complexity index is 680. The van der Waals surface area contributed by atoms with Gasteiger partial charge in [-0.1, -0.05) is 6.07 Å². The van der Waals surface area contributed by atoms with Gasteiger partial charge in [-0.3, -0.25) is 4.90 Å². The maximum Gasteiger partial charge on any atom is 0.126 e. The van der Waals surface area contributed by atoms with E-state index < -0.39 is 0 Å². The smallest absolute Gasteiger partial charge is 0.126 e. The highest BCUT2D eigenvalue weighted by Gasteiger charge is 2.39. The molecule has 128 valence electrons. The molecule has 6 heteroatoms. The molecular weight excluding hydrogens is 309 g/mol. The molecule has 1 fully saturated rings. The Morgan fingerprint density at radius 1 is 1.29 bits per heavy atom. The summed E-state index contributed by atoms with van der Waals surface area (Å²) in [5.41, 5.74) is 0.705. The lowest BCUT2D eigenvalue weighted by atomic mass is 10.0. The molecule has 1 aromatic heterocycles. The predicted octanol–water partition coefficient (Wildman–Crippen LogP) is 2.59. The molecule has 1 atom stereocenters. The molecule has 0 N–H and O–H groups in total. The first-order valence-electron chi connectivity index (χ1n) is 8.02. The number of hydrogen-bond acceptors (Lipinski definition) is 5. The second-order valence-corrected chi connectivity index (χ2v) is 6.23. The van der Waals surface area contributed by atoms with Crippen molar-refractivity contribution in [2.75, 3.05) is 26.8 Å². The molecule has 1 aliphatic heterocycles. The summed E-state index contributed by atoms with van der Waals surface area (Å²) in [5, 5.41) is 0. The lowest BCUT2D eigenvalue weighted by molar-refractivity contribution is -0.0360. The van der Waals surface area contributed by atoms with E-state index in [4.69, 9.17) is 9.47 Å². The first-order valence-corrected chi connectivity index (χ1v) is 8.02. The standard InChI is InChI=1S/C18H22FN3O2/c1-14-20-9-15(10-21-14)11-22-7-6-18(12-22,23-2)13-24-17-5-3-4-16(19)8-17/h3-5,8-10H,6-7,11-13H2,1-2H3/t18-/m1/s1. The fraction of sp³-hybridized carbons (Fsp3) is 0.444. The van der Waals surface area contributed by atoms with E-state index in [9.17, 15) is 4.39 Å². The van der Waals surface area contributed by atoms with Crippen LogP contribution in [0.15, 0.2) is 36.7 Å². The van der Waals surface area contributed by atoms with Crippen molar-refractivity contribution in [2.24, 2.45) is 0 Å². The van der Waals surface area contributed by atoms with Gasteiger partial charge in [-0.25, -0.2) is 14.4 Å². The van der Waals surface area contributed by atoms with Crippen LogP contribution in [0.5, 0.6) is 5.75 Å². The first-order chi connectivity index (χ1) is 11.6. The Balaban J connectivity index is 1.59. The summed E-state index contributed by atoms with van der Waals surface area (Å²) in [7, 11) is 1.70. The van der Waals surface area contributed by atoms with Crippen LogP contribution in [0.1, 0.15) is 17.8 Å². The SMILES string of the molecule is CO[C@]1(COc2cccc(F)c2)CCN(Cc2cnc(C)nc2)C1. The van der Waals surface area contributed by atoms with Crippen molar-refractivity contribution in [3.8, 4) is 5.75 Å². The molecule has 5 nitrogen and oxygen atoms in total. The van der Waals surface area contributed by atoms with Crippen LogP contribution in [-0.4, -0.2) is 47.3 Å². The number of aryl methyl sites for hydroxylation is 1. The van der Waals surface area contributed by atoms with Gasteiger partial charge in [-0.15, -0.1) is 0 Å². The topological polar surface area (TPSA) is 47.5 Å². The number of halogens is 1. The van der Waals surface area contributed by atoms with E-state index in [1.807, 2.05) is 19.3 Å². The van der Waals surface area contributed by atoms with E-state index >= 15 is 0 Å². The van der Waals surface area contributed by atoms with Crippen LogP contribution < -0.4 is 4.74 Å². The van der Waals surface area contributed by atoms with Crippen LogP contribution in [-0.2, 0) is 11.3 Å². The minimum atomic E-state index is -0.377. The summed E-state index contributed by atoms with van der Waals surface area (Å²) in [6.07, 6.45) is 4.59. The monoisotopic (exact) mass is 331 g/mol. The quantitative estimate of drug-likeness (QED) is 0.814. The number of rotatable bonds is 6. The van der Waals surface area contributed by atoms with E-state index in [1.54, 1.807) is 19.2 Å². The van der Waals surface area contributed by atoms with Crippen LogP contribution in [0.3, 0.4) is 0 Å². The summed E-state index contributed by atoms with van der Waals surface area (Å²) in [6, 6.07) is 6.19. The Hall–Kier alpha value is -2.05. The number of aromatic nitrogens is 2. The fourth-order valence-electron chi connectivity index (χ4n) is 2.94. The first kappa shape index (κ1) is 16.8. The van der Waals surface area contributed by atoms with Crippen LogP contribution in [0.25, 0.3) is 0 Å². The van der Waals surface area contributed by atoms with Gasteiger partial charge in [0, 0.05) is 50.8 Å². The molecule has 2 heterocycles. The highest BCUT2D eigenvalue weighted by molar-refractivity contribution is 5.22. The molecule has 0 radical (unpaired) electrons. The van der Waals surface area contributed by atoms with Crippen molar-refractivity contribution < 1.29 is 13.9 Å². The van der Waals surface area contributed by atoms with Gasteiger partial charge >= 0.3 is 0 Å². The minimum absolute atomic E-state index is 0.300. The largest absolute Gasteiger partial charge is 0.490 e. The van der Waals surface area contributed by atoms with Gasteiger partial charge in [-0.05, 0) is 25.5 Å². The summed E-state index contributed by atoms with van der Waals surface area (Å²) >= 11 is 0. The highest BCUT2D eigenvalue weighted by atomic mass is 19.1. The van der Waals surface area contributed by atoms with Gasteiger partial charge in [0.1, 0.15) is 29.6 Å². The lowest BCUT2D eigenvalue weighted by Crippen LogP contribution is -2.41. The van der Waals surface area contributed by atoms with E-state index in [-0.39, 0.29) is 11.4 Å². The summed E-state index contributed by atoms with van der Waals surface area (Å²) in [4.78, 5) is 10.8. The van der Waals surface area contributed by atoms with Crippen LogP contribution in [0.2, 0.25) is 0 Å². The van der Waals surface area contributed by atoms with E-state index in [0.717, 1.165) is 37.4 Å². The van der Waals surface area contributed by atoms with Gasteiger partial charge < -0.3 is 9.47 Å². The molecule has 0 unspecified atom stereocenters. The Labute approximate surface area is 141 Å². The molecule has 1 aromatic carbocycles. The third-order valence-corrected chi connectivity index (χ3v) is 4.37. The summed E-state index contributed by atoms with van der Waals surface area (Å²) in [6.45, 7) is 4.72. The zero-order valence-corrected chi connectivity index (χ0v) is 14.0. The van der Waals surface area contributed by atoms with Crippen LogP contribution >= 0.6 is 0 Å². The Kier molecular flexibility index (Phi) is 5.06. The van der Waals surface area contributed by atoms with Gasteiger partial charge in [0.15, 0.2) is 0 Å². The number of hydrogen-bond donors (Lipinski definition) is 0. The number of benzene rings is 1. The third kappa shape index (κ3) is 4.07. The van der Waals surface area contributed by atoms with Crippen LogP contribution in [0.4, 0.5) is 4.39 Å². The number of likely N-dealkylation sites (tertiary alicyclic amines) is 1. The van der Waals surface area contributed by atoms with Gasteiger partial charge in [0.25, 0.3) is 0 Å². The summed E-state index contributed by atoms with van der Waals surface area (Å²) in [5.74, 6) is 0.998. The third-order valence-electron chi connectivity index (χ3n) is 4.37. The Morgan fingerprint density at radius 2 is 2.08 bits per heavy atom. The zero-order valence-electron chi connectivity index (χ0n) is 14.0. The lowest BCUT2D eigenvalue weighted by Gasteiger charge is -2.28. The van der Waals surface area contributed by atoms with Gasteiger partial charge in [-0.2, -0.15) is 0 Å². The molecule has 2 aromatic rings. The second-order valence-electron chi connectivity index (χ2n) is 6.23. The fourth-order valence-corrected chi connectivity index (χ4v) is 2.94. The van der Waals surface area contributed by atoms with Crippen molar-refractivity contribution in [3.05, 3.63) is 53.9 Å². The normalized spacial score (nSPS) is 21.1. The average Bonchev–Trinajstić information content (AvgIpc) is 2.99. The molecule has 0 aliphatic carbocycles. The molecule has 0 amide bonds. The summed E-state index contributed by atoms with van der Waals surface area (Å²) < 4.78 is 24.8. The molecule has 1 aliphatic rings. The Morgan fingerprint density at radius 3 is 2.79 bits per heavy atom. The maximum atomic E-state index is 13.2. The van der Waals surface area contributed by atoms with E-state index in [1.165, 1.54) is 12.1 Å². The van der Waals surface area contributed by atoms with E-state index in [0.29, 0.717) is 12.4 Å². The van der Waals surface area contributed by atoms with E-state index in [2.05, 4.69) is 14.9 Å². The molecule has 1 saturated heterocycles. The molecule has 0 spiro atoms.